The van der Waals surface area contributed by atoms with Gasteiger partial charge in [-0.05, 0) is 20.3 Å². The molecular formula is C10H17N5O2. The van der Waals surface area contributed by atoms with E-state index in [2.05, 4.69) is 20.6 Å². The molecule has 7 heteroatoms. The van der Waals surface area contributed by atoms with Gasteiger partial charge in [-0.1, -0.05) is 6.92 Å². The van der Waals surface area contributed by atoms with E-state index in [1.54, 1.807) is 7.05 Å². The van der Waals surface area contributed by atoms with Gasteiger partial charge in [0.15, 0.2) is 0 Å². The van der Waals surface area contributed by atoms with Crippen LogP contribution in [0.3, 0.4) is 0 Å². The lowest BCUT2D eigenvalue weighted by Gasteiger charge is -2.24. The summed E-state index contributed by atoms with van der Waals surface area (Å²) in [7, 11) is 1.66. The second kappa shape index (κ2) is 4.94. The maximum Gasteiger partial charge on any atom is 0.329 e. The molecule has 1 aromatic heterocycles. The fourth-order valence-electron chi connectivity index (χ4n) is 1.13. The second-order valence-electron chi connectivity index (χ2n) is 4.30. The number of hydrogen-bond donors (Lipinski definition) is 2. The van der Waals surface area contributed by atoms with E-state index in [1.807, 2.05) is 20.8 Å². The maximum absolute atomic E-state index is 10.9. The summed E-state index contributed by atoms with van der Waals surface area (Å²) < 4.78 is 0. The zero-order valence-electron chi connectivity index (χ0n) is 10.4. The van der Waals surface area contributed by atoms with Gasteiger partial charge < -0.3 is 10.6 Å². The first kappa shape index (κ1) is 13.1. The number of rotatable bonds is 5. The molecule has 2 N–H and O–H groups in total. The van der Waals surface area contributed by atoms with Gasteiger partial charge in [-0.15, -0.1) is 0 Å². The molecule has 0 aliphatic rings. The first-order valence-electron chi connectivity index (χ1n) is 5.37. The Labute approximate surface area is 99.8 Å². The summed E-state index contributed by atoms with van der Waals surface area (Å²) in [5, 5.41) is 16.7. The van der Waals surface area contributed by atoms with Crippen molar-refractivity contribution in [3.8, 4) is 0 Å². The highest BCUT2D eigenvalue weighted by Crippen LogP contribution is 2.26. The molecule has 0 saturated carbocycles. The van der Waals surface area contributed by atoms with Crippen LogP contribution in [-0.2, 0) is 0 Å². The molecule has 0 aliphatic carbocycles. The third-order valence-corrected chi connectivity index (χ3v) is 2.53. The highest BCUT2D eigenvalue weighted by atomic mass is 16.6. The number of anilines is 2. The molecule has 7 nitrogen and oxygen atoms in total. The van der Waals surface area contributed by atoms with E-state index in [1.165, 1.54) is 6.20 Å². The second-order valence-corrected chi connectivity index (χ2v) is 4.30. The number of aromatic nitrogens is 2. The SMILES string of the molecule is CCC(C)(C)Nc1nc(NC)ncc1[N+](=O)[O-]. The van der Waals surface area contributed by atoms with E-state index in [-0.39, 0.29) is 17.0 Å². The third-order valence-electron chi connectivity index (χ3n) is 2.53. The van der Waals surface area contributed by atoms with E-state index >= 15 is 0 Å². The molecule has 1 rings (SSSR count). The van der Waals surface area contributed by atoms with Gasteiger partial charge >= 0.3 is 5.69 Å². The molecule has 0 bridgehead atoms. The summed E-state index contributed by atoms with van der Waals surface area (Å²) >= 11 is 0. The smallest absolute Gasteiger partial charge is 0.329 e. The van der Waals surface area contributed by atoms with Crippen LogP contribution in [0.5, 0.6) is 0 Å². The lowest BCUT2D eigenvalue weighted by molar-refractivity contribution is -0.384. The van der Waals surface area contributed by atoms with Gasteiger partial charge in [0.05, 0.1) is 4.92 Å². The van der Waals surface area contributed by atoms with Gasteiger partial charge in [-0.3, -0.25) is 10.1 Å². The summed E-state index contributed by atoms with van der Waals surface area (Å²) in [6.07, 6.45) is 2.02. The van der Waals surface area contributed by atoms with Crippen molar-refractivity contribution in [1.29, 1.82) is 0 Å². The molecule has 0 unspecified atom stereocenters. The zero-order chi connectivity index (χ0) is 13.1. The number of hydrogen-bond acceptors (Lipinski definition) is 6. The molecule has 94 valence electrons. The lowest BCUT2D eigenvalue weighted by atomic mass is 10.0. The van der Waals surface area contributed by atoms with Crippen LogP contribution in [0, 0.1) is 10.1 Å². The van der Waals surface area contributed by atoms with E-state index < -0.39 is 4.92 Å². The molecule has 17 heavy (non-hydrogen) atoms. The van der Waals surface area contributed by atoms with E-state index in [9.17, 15) is 10.1 Å². The van der Waals surface area contributed by atoms with Gasteiger partial charge in [0.2, 0.25) is 11.8 Å². The van der Waals surface area contributed by atoms with E-state index in [0.29, 0.717) is 5.95 Å². The van der Waals surface area contributed by atoms with Crippen LogP contribution in [0.15, 0.2) is 6.20 Å². The number of nitrogens with one attached hydrogen (secondary N) is 2. The van der Waals surface area contributed by atoms with Crippen molar-refractivity contribution >= 4 is 17.5 Å². The Hall–Kier alpha value is -1.92. The van der Waals surface area contributed by atoms with Crippen LogP contribution < -0.4 is 10.6 Å². The predicted molar refractivity (Wildman–Crippen MR) is 66.2 cm³/mol. The van der Waals surface area contributed by atoms with Crippen LogP contribution in [0.25, 0.3) is 0 Å². The molecule has 0 fully saturated rings. The molecule has 0 atom stereocenters. The molecule has 0 amide bonds. The topological polar surface area (TPSA) is 93.0 Å². The van der Waals surface area contributed by atoms with Crippen LogP contribution in [0.2, 0.25) is 0 Å². The van der Waals surface area contributed by atoms with Crippen molar-refractivity contribution in [1.82, 2.24) is 9.97 Å². The molecule has 0 saturated heterocycles. The van der Waals surface area contributed by atoms with Gasteiger partial charge in [0, 0.05) is 12.6 Å². The highest BCUT2D eigenvalue weighted by molar-refractivity contribution is 5.58. The van der Waals surface area contributed by atoms with Gasteiger partial charge in [-0.25, -0.2) is 4.98 Å². The Balaban J connectivity index is 3.13. The van der Waals surface area contributed by atoms with Crippen molar-refractivity contribution in [2.24, 2.45) is 0 Å². The minimum absolute atomic E-state index is 0.120. The lowest BCUT2D eigenvalue weighted by Crippen LogP contribution is -2.30. The Kier molecular flexibility index (Phi) is 3.82. The monoisotopic (exact) mass is 239 g/mol. The predicted octanol–water partition coefficient (Wildman–Crippen LogP) is 2.03. The van der Waals surface area contributed by atoms with E-state index in [0.717, 1.165) is 6.42 Å². The average Bonchev–Trinajstić information content (AvgIpc) is 2.28. The molecule has 1 heterocycles. The third kappa shape index (κ3) is 3.27. The van der Waals surface area contributed by atoms with Crippen LogP contribution in [-0.4, -0.2) is 27.5 Å². The van der Waals surface area contributed by atoms with Crippen LogP contribution >= 0.6 is 0 Å². The number of nitro groups is 1. The minimum atomic E-state index is -0.493. The summed E-state index contributed by atoms with van der Waals surface area (Å²) in [4.78, 5) is 18.3. The Bertz CT molecular complexity index is 419. The average molecular weight is 239 g/mol. The Morgan fingerprint density at radius 2 is 2.18 bits per heavy atom. The Morgan fingerprint density at radius 1 is 1.53 bits per heavy atom. The summed E-state index contributed by atoms with van der Waals surface area (Å²) in [5.41, 5.74) is -0.380. The largest absolute Gasteiger partial charge is 0.359 e. The summed E-state index contributed by atoms with van der Waals surface area (Å²) in [5.74, 6) is 0.589. The summed E-state index contributed by atoms with van der Waals surface area (Å²) in [6.45, 7) is 5.91. The fraction of sp³-hybridized carbons (Fsp3) is 0.600. The van der Waals surface area contributed by atoms with Gasteiger partial charge in [0.1, 0.15) is 6.20 Å². The number of nitrogens with zero attached hydrogens (tertiary/aromatic N) is 3. The van der Waals surface area contributed by atoms with Crippen molar-refractivity contribution in [3.63, 3.8) is 0 Å². The highest BCUT2D eigenvalue weighted by Gasteiger charge is 2.23. The molecule has 0 spiro atoms. The maximum atomic E-state index is 10.9. The van der Waals surface area contributed by atoms with Crippen molar-refractivity contribution in [2.75, 3.05) is 17.7 Å². The van der Waals surface area contributed by atoms with E-state index in [4.69, 9.17) is 0 Å². The normalized spacial score (nSPS) is 11.1. The quantitative estimate of drug-likeness (QED) is 0.603. The molecule has 0 aliphatic heterocycles. The molecule has 0 radical (unpaired) electrons. The fourth-order valence-corrected chi connectivity index (χ4v) is 1.13. The first-order valence-corrected chi connectivity index (χ1v) is 5.37. The zero-order valence-corrected chi connectivity index (χ0v) is 10.4. The Morgan fingerprint density at radius 3 is 2.65 bits per heavy atom. The van der Waals surface area contributed by atoms with Crippen molar-refractivity contribution in [2.45, 2.75) is 32.7 Å². The van der Waals surface area contributed by atoms with Crippen LogP contribution in [0.1, 0.15) is 27.2 Å². The van der Waals surface area contributed by atoms with Crippen molar-refractivity contribution in [3.05, 3.63) is 16.3 Å². The first-order chi connectivity index (χ1) is 7.89. The van der Waals surface area contributed by atoms with Gasteiger partial charge in [-0.2, -0.15) is 4.98 Å². The molecule has 1 aromatic rings. The standard InChI is InChI=1S/C10H17N5O2/c1-5-10(2,3)14-8-7(15(16)17)6-12-9(11-4)13-8/h6H,5H2,1-4H3,(H2,11,12,13,14). The van der Waals surface area contributed by atoms with Crippen LogP contribution in [0.4, 0.5) is 17.5 Å². The molecular weight excluding hydrogens is 222 g/mol. The molecule has 0 aromatic carbocycles. The minimum Gasteiger partial charge on any atom is -0.359 e. The summed E-state index contributed by atoms with van der Waals surface area (Å²) in [6, 6.07) is 0. The van der Waals surface area contributed by atoms with Gasteiger partial charge in [0.25, 0.3) is 0 Å². The van der Waals surface area contributed by atoms with Crippen molar-refractivity contribution < 1.29 is 4.92 Å².